The van der Waals surface area contributed by atoms with E-state index in [-0.39, 0.29) is 13.2 Å². The van der Waals surface area contributed by atoms with Gasteiger partial charge in [0.1, 0.15) is 53.0 Å². The molecule has 2 saturated heterocycles. The van der Waals surface area contributed by atoms with Crippen LogP contribution in [-0.2, 0) is 14.2 Å². The van der Waals surface area contributed by atoms with Crippen molar-refractivity contribution in [3.63, 3.8) is 0 Å². The van der Waals surface area contributed by atoms with Gasteiger partial charge in [0.2, 0.25) is 0 Å². The Balaban J connectivity index is 1.22. The lowest BCUT2D eigenvalue weighted by Crippen LogP contribution is -2.56. The average molecular weight is 599 g/mol. The van der Waals surface area contributed by atoms with E-state index < -0.39 is 59.6 Å². The lowest BCUT2D eigenvalue weighted by Gasteiger charge is -2.45. The number of halogens is 1. The van der Waals surface area contributed by atoms with Gasteiger partial charge in [-0.3, -0.25) is 0 Å². The first-order chi connectivity index (χ1) is 20.5. The monoisotopic (exact) mass is 598 g/mol. The van der Waals surface area contributed by atoms with Crippen LogP contribution in [0.4, 0.5) is 4.39 Å². The Kier molecular flexibility index (Phi) is 8.62. The van der Waals surface area contributed by atoms with Crippen LogP contribution in [0, 0.1) is 5.82 Å². The van der Waals surface area contributed by atoms with Crippen LogP contribution in [0.3, 0.4) is 0 Å². The highest BCUT2D eigenvalue weighted by Crippen LogP contribution is 2.41. The molecule has 2 aromatic heterocycles. The maximum atomic E-state index is 13.8. The van der Waals surface area contributed by atoms with Gasteiger partial charge < -0.3 is 29.5 Å². The lowest BCUT2D eigenvalue weighted by molar-refractivity contribution is -0.186. The van der Waals surface area contributed by atoms with Crippen LogP contribution in [0.1, 0.15) is 12.1 Å². The normalized spacial score (nSPS) is 29.9. The van der Waals surface area contributed by atoms with Gasteiger partial charge in [0.15, 0.2) is 0 Å². The summed E-state index contributed by atoms with van der Waals surface area (Å²) in [7, 11) is 1.49. The molecule has 2 aliphatic heterocycles. The lowest BCUT2D eigenvalue weighted by atomic mass is 9.97. The number of methoxy groups -OCH3 is 1. The molecule has 8 unspecified atom stereocenters. The number of thioether (sulfide) groups is 1. The SMILES string of the molecule is COC1C(SC2COCC(n3cc(-c4ccccc4)nn3)C2O)OC(CO)C(O)C1n1cc(-c2cccc(F)c2)nn1. The Hall–Kier alpha value is -3.24. The van der Waals surface area contributed by atoms with Gasteiger partial charge in [0.25, 0.3) is 0 Å². The van der Waals surface area contributed by atoms with Gasteiger partial charge in [-0.2, -0.15) is 0 Å². The number of nitrogens with zero attached hydrogens (tertiary/aromatic N) is 6. The van der Waals surface area contributed by atoms with Crippen molar-refractivity contribution in [2.75, 3.05) is 26.9 Å². The topological polar surface area (TPSA) is 150 Å². The van der Waals surface area contributed by atoms with Crippen LogP contribution in [0.5, 0.6) is 0 Å². The van der Waals surface area contributed by atoms with Gasteiger partial charge in [-0.1, -0.05) is 52.9 Å². The molecule has 3 N–H and O–H groups in total. The van der Waals surface area contributed by atoms with Crippen molar-refractivity contribution in [3.05, 3.63) is 72.8 Å². The van der Waals surface area contributed by atoms with Crippen molar-refractivity contribution in [2.24, 2.45) is 0 Å². The quantitative estimate of drug-likeness (QED) is 0.272. The number of aliphatic hydroxyl groups is 3. The minimum atomic E-state index is -1.19. The maximum Gasteiger partial charge on any atom is 0.132 e. The molecule has 2 fully saturated rings. The first kappa shape index (κ1) is 28.9. The predicted molar refractivity (Wildman–Crippen MR) is 150 cm³/mol. The van der Waals surface area contributed by atoms with E-state index in [1.54, 1.807) is 29.2 Å². The molecule has 0 saturated carbocycles. The molecule has 0 radical (unpaired) electrons. The zero-order valence-electron chi connectivity index (χ0n) is 22.6. The number of aliphatic hydroxyl groups excluding tert-OH is 3. The number of hydrogen-bond donors (Lipinski definition) is 3. The highest BCUT2D eigenvalue weighted by atomic mass is 32.2. The number of ether oxygens (including phenoxy) is 3. The van der Waals surface area contributed by atoms with E-state index in [2.05, 4.69) is 20.6 Å². The summed E-state index contributed by atoms with van der Waals surface area (Å²) in [6.45, 7) is 0.0323. The second-order valence-corrected chi connectivity index (χ2v) is 11.6. The van der Waals surface area contributed by atoms with Crippen molar-refractivity contribution in [2.45, 2.75) is 47.2 Å². The van der Waals surface area contributed by atoms with Crippen molar-refractivity contribution in [1.29, 1.82) is 0 Å². The molecule has 0 bridgehead atoms. The van der Waals surface area contributed by atoms with Gasteiger partial charge in [-0.15, -0.1) is 22.0 Å². The number of benzene rings is 2. The molecule has 8 atom stereocenters. The molecule has 4 aromatic rings. The molecular weight excluding hydrogens is 567 g/mol. The average Bonchev–Trinajstić information content (AvgIpc) is 3.70. The minimum absolute atomic E-state index is 0.239. The second-order valence-electron chi connectivity index (χ2n) is 10.2. The van der Waals surface area contributed by atoms with Gasteiger partial charge in [0.05, 0.1) is 43.6 Å². The molecule has 0 aliphatic carbocycles. The highest BCUT2D eigenvalue weighted by Gasteiger charge is 2.49. The summed E-state index contributed by atoms with van der Waals surface area (Å²) in [5.74, 6) is -0.409. The Morgan fingerprint density at radius 1 is 0.952 bits per heavy atom. The first-order valence-corrected chi connectivity index (χ1v) is 14.4. The molecule has 222 valence electrons. The second kappa shape index (κ2) is 12.6. The van der Waals surface area contributed by atoms with E-state index in [1.165, 1.54) is 35.7 Å². The summed E-state index contributed by atoms with van der Waals surface area (Å²) >= 11 is 1.29. The van der Waals surface area contributed by atoms with Crippen molar-refractivity contribution in [3.8, 4) is 22.5 Å². The summed E-state index contributed by atoms with van der Waals surface area (Å²) in [6.07, 6.45) is -0.395. The van der Waals surface area contributed by atoms with Crippen LogP contribution in [0.2, 0.25) is 0 Å². The Morgan fingerprint density at radius 2 is 1.67 bits per heavy atom. The summed E-state index contributed by atoms with van der Waals surface area (Å²) in [4.78, 5) is 0. The Morgan fingerprint density at radius 3 is 2.40 bits per heavy atom. The maximum absolute atomic E-state index is 13.8. The molecular formula is C28H31FN6O6S. The smallest absolute Gasteiger partial charge is 0.132 e. The van der Waals surface area contributed by atoms with Gasteiger partial charge in [-0.05, 0) is 12.1 Å². The Labute approximate surface area is 245 Å². The fourth-order valence-electron chi connectivity index (χ4n) is 5.38. The molecule has 0 spiro atoms. The molecule has 14 heteroatoms. The predicted octanol–water partition coefficient (Wildman–Crippen LogP) is 1.71. The number of rotatable bonds is 8. The number of aromatic nitrogens is 6. The molecule has 2 aromatic carbocycles. The standard InChI is InChI=1S/C28H31FN6O6S/c1-39-27-24(35-12-20(31-33-35)17-8-5-9-18(29)10-17)26(38)22(13-36)41-28(27)42-23-15-40-14-21(25(23)37)34-11-19(30-32-34)16-6-3-2-4-7-16/h2-12,21-28,36-38H,13-15H2,1H3. The third kappa shape index (κ3) is 5.71. The van der Waals surface area contributed by atoms with Crippen molar-refractivity contribution in [1.82, 2.24) is 30.0 Å². The minimum Gasteiger partial charge on any atom is -0.394 e. The zero-order valence-corrected chi connectivity index (χ0v) is 23.4. The van der Waals surface area contributed by atoms with E-state index in [0.29, 0.717) is 17.0 Å². The van der Waals surface area contributed by atoms with Gasteiger partial charge >= 0.3 is 0 Å². The van der Waals surface area contributed by atoms with E-state index in [9.17, 15) is 19.7 Å². The van der Waals surface area contributed by atoms with Crippen LogP contribution >= 0.6 is 11.8 Å². The molecule has 0 amide bonds. The van der Waals surface area contributed by atoms with Gasteiger partial charge in [0, 0.05) is 18.2 Å². The highest BCUT2D eigenvalue weighted by molar-refractivity contribution is 8.00. The molecule has 6 rings (SSSR count). The van der Waals surface area contributed by atoms with E-state index in [0.717, 1.165) is 5.56 Å². The largest absolute Gasteiger partial charge is 0.394 e. The summed E-state index contributed by atoms with van der Waals surface area (Å²) in [6, 6.07) is 14.3. The third-order valence-corrected chi connectivity index (χ3v) is 9.02. The van der Waals surface area contributed by atoms with Crippen LogP contribution < -0.4 is 0 Å². The zero-order chi connectivity index (χ0) is 29.2. The van der Waals surface area contributed by atoms with Crippen molar-refractivity contribution >= 4 is 11.8 Å². The first-order valence-electron chi connectivity index (χ1n) is 13.5. The fourth-order valence-corrected chi connectivity index (χ4v) is 6.88. The van der Waals surface area contributed by atoms with Gasteiger partial charge in [-0.25, -0.2) is 13.8 Å². The summed E-state index contributed by atoms with van der Waals surface area (Å²) < 4.78 is 34.7. The Bertz CT molecular complexity index is 1480. The molecule has 2 aliphatic rings. The van der Waals surface area contributed by atoms with E-state index >= 15 is 0 Å². The molecule has 42 heavy (non-hydrogen) atoms. The van der Waals surface area contributed by atoms with Crippen LogP contribution in [-0.4, -0.2) is 107 Å². The third-order valence-electron chi connectivity index (χ3n) is 7.61. The number of hydrogen-bond acceptors (Lipinski definition) is 11. The summed E-state index contributed by atoms with van der Waals surface area (Å²) in [5.41, 5.74) is 1.81. The van der Waals surface area contributed by atoms with E-state index in [4.69, 9.17) is 14.2 Å². The fraction of sp³-hybridized carbons (Fsp3) is 0.429. The molecule has 12 nitrogen and oxygen atoms in total. The molecule has 4 heterocycles. The van der Waals surface area contributed by atoms with Crippen molar-refractivity contribution < 1.29 is 33.9 Å². The van der Waals surface area contributed by atoms with E-state index in [1.807, 2.05) is 30.3 Å². The summed E-state index contributed by atoms with van der Waals surface area (Å²) in [5, 5.41) is 49.1. The van der Waals surface area contributed by atoms with Crippen LogP contribution in [0.15, 0.2) is 67.0 Å². The van der Waals surface area contributed by atoms with Crippen LogP contribution in [0.25, 0.3) is 22.5 Å².